The van der Waals surface area contributed by atoms with Crippen LogP contribution in [0.2, 0.25) is 0 Å². The largest absolute Gasteiger partial charge is 0.105 e. The Labute approximate surface area is 138 Å². The van der Waals surface area contributed by atoms with E-state index < -0.39 is 7.92 Å². The van der Waals surface area contributed by atoms with E-state index in [1.807, 2.05) is 0 Å². The van der Waals surface area contributed by atoms with Crippen molar-refractivity contribution in [3.8, 4) is 0 Å². The van der Waals surface area contributed by atoms with Crippen LogP contribution in [0.4, 0.5) is 0 Å². The Balaban J connectivity index is 2.59. The van der Waals surface area contributed by atoms with Crippen molar-refractivity contribution in [1.82, 2.24) is 0 Å². The summed E-state index contributed by atoms with van der Waals surface area (Å²) < 4.78 is 0. The first kappa shape index (κ1) is 17.5. The van der Waals surface area contributed by atoms with Gasteiger partial charge in [-0.25, -0.2) is 0 Å². The predicted molar refractivity (Wildman–Crippen MR) is 104 cm³/mol. The Hall–Kier alpha value is -0.870. The fourth-order valence-electron chi connectivity index (χ4n) is 4.81. The monoisotopic (exact) mass is 315 g/mol. The first-order valence-electron chi connectivity index (χ1n) is 8.38. The fourth-order valence-corrected chi connectivity index (χ4v) is 11.2. The van der Waals surface area contributed by atoms with Gasteiger partial charge in [0.15, 0.2) is 0 Å². The Morgan fingerprint density at radius 2 is 1.45 bits per heavy atom. The van der Waals surface area contributed by atoms with E-state index in [-0.39, 0.29) is 5.16 Å². The highest BCUT2D eigenvalue weighted by Crippen LogP contribution is 2.71. The van der Waals surface area contributed by atoms with Crippen molar-refractivity contribution in [2.45, 2.75) is 70.4 Å². The summed E-state index contributed by atoms with van der Waals surface area (Å²) in [5, 5.41) is 0.977. The highest BCUT2D eigenvalue weighted by atomic mass is 31.1. The Morgan fingerprint density at radius 1 is 0.909 bits per heavy atom. The first-order valence-corrected chi connectivity index (χ1v) is 9.88. The lowest BCUT2D eigenvalue weighted by Crippen LogP contribution is -2.40. The van der Waals surface area contributed by atoms with Gasteiger partial charge in [-0.3, -0.25) is 0 Å². The predicted octanol–water partition coefficient (Wildman–Crippen LogP) is 6.60. The van der Waals surface area contributed by atoms with E-state index >= 15 is 0 Å². The van der Waals surface area contributed by atoms with Gasteiger partial charge in [-0.1, -0.05) is 48.6 Å². The third kappa shape index (κ3) is 3.38. The number of hydrogen-bond acceptors (Lipinski definition) is 0. The molecule has 0 heterocycles. The zero-order valence-corrected chi connectivity index (χ0v) is 16.3. The molecule has 0 saturated heterocycles. The molecule has 1 aromatic carbocycles. The molecule has 22 heavy (non-hydrogen) atoms. The lowest BCUT2D eigenvalue weighted by atomic mass is 9.87. The Bertz CT molecular complexity index is 552. The van der Waals surface area contributed by atoms with Crippen LogP contribution in [0.1, 0.15) is 60.5 Å². The van der Waals surface area contributed by atoms with Gasteiger partial charge in [-0.05, 0) is 54.0 Å². The second kappa shape index (κ2) is 5.97. The van der Waals surface area contributed by atoms with Crippen molar-refractivity contribution in [2.24, 2.45) is 0 Å². The van der Waals surface area contributed by atoms with E-state index in [1.165, 1.54) is 11.1 Å². The van der Waals surface area contributed by atoms with Gasteiger partial charge in [0.05, 0.1) is 10.3 Å². The molecule has 120 valence electrons. The minimum Gasteiger partial charge on any atom is -0.0800 e. The summed E-state index contributed by atoms with van der Waals surface area (Å²) >= 11 is 0. The van der Waals surface area contributed by atoms with E-state index in [0.717, 1.165) is 6.42 Å². The molecule has 0 fully saturated rings. The maximum Gasteiger partial charge on any atom is 0.105 e. The lowest BCUT2D eigenvalue weighted by molar-refractivity contribution is 0.653. The van der Waals surface area contributed by atoms with Gasteiger partial charge in [-0.15, -0.1) is 0 Å². The molecule has 1 aliphatic carbocycles. The smallest absolute Gasteiger partial charge is 0.0800 e. The molecule has 1 aliphatic rings. The average Bonchev–Trinajstić information content (AvgIpc) is 2.36. The van der Waals surface area contributed by atoms with Gasteiger partial charge in [0.2, 0.25) is 0 Å². The molecule has 0 radical (unpaired) electrons. The lowest BCUT2D eigenvalue weighted by Gasteiger charge is -2.47. The first-order chi connectivity index (χ1) is 10.1. The minimum absolute atomic E-state index is 0.261. The topological polar surface area (TPSA) is 0 Å². The van der Waals surface area contributed by atoms with Crippen LogP contribution in [0.3, 0.4) is 0 Å². The van der Waals surface area contributed by atoms with E-state index in [2.05, 4.69) is 97.0 Å². The molecule has 1 atom stereocenters. The van der Waals surface area contributed by atoms with Crippen molar-refractivity contribution in [1.29, 1.82) is 0 Å². The van der Waals surface area contributed by atoms with Crippen LogP contribution in [0, 0.1) is 0 Å². The number of hydrogen-bond donors (Lipinski definition) is 0. The van der Waals surface area contributed by atoms with E-state index in [1.54, 1.807) is 0 Å². The molecule has 0 amide bonds. The second-order valence-corrected chi connectivity index (χ2v) is 13.6. The molecular weight excluding hydrogens is 283 g/mol. The maximum absolute atomic E-state index is 2.51. The third-order valence-corrected chi connectivity index (χ3v) is 9.23. The number of benzene rings is 1. The van der Waals surface area contributed by atoms with Crippen molar-refractivity contribution in [2.75, 3.05) is 0 Å². The summed E-state index contributed by atoms with van der Waals surface area (Å²) in [4.78, 5) is 0. The summed E-state index contributed by atoms with van der Waals surface area (Å²) in [7, 11) is -0.690. The molecule has 1 aromatic rings. The quantitative estimate of drug-likeness (QED) is 0.539. The molecule has 0 saturated carbocycles. The van der Waals surface area contributed by atoms with Crippen molar-refractivity contribution >= 4 is 13.5 Å². The summed E-state index contributed by atoms with van der Waals surface area (Å²) in [6.45, 7) is 17.2. The van der Waals surface area contributed by atoms with E-state index in [4.69, 9.17) is 0 Å². The van der Waals surface area contributed by atoms with Crippen molar-refractivity contribution in [3.05, 3.63) is 54.1 Å². The number of rotatable bonds is 2. The average molecular weight is 315 g/mol. The summed E-state index contributed by atoms with van der Waals surface area (Å²) in [6, 6.07) is 11.0. The highest BCUT2D eigenvalue weighted by molar-refractivity contribution is 7.63. The van der Waals surface area contributed by atoms with Crippen LogP contribution in [-0.2, 0) is 0 Å². The fraction of sp³-hybridized carbons (Fsp3) is 0.524. The molecule has 2 rings (SSSR count). The van der Waals surface area contributed by atoms with Gasteiger partial charge in [-0.2, -0.15) is 0 Å². The SMILES string of the molecule is CC(C)(C)[PH+](C(C)(C)C)[C@]1(C)CC=CC=C1c1ccccc1. The standard InChI is InChI=1S/C21H31P/c1-19(2,3)22(20(4,5)6)21(7)16-12-11-15-18(21)17-13-9-8-10-14-17/h8-15H,16H2,1-7H3/p+1/t21-/m1/s1. The third-order valence-electron chi connectivity index (χ3n) is 4.66. The Kier molecular flexibility index (Phi) is 4.74. The van der Waals surface area contributed by atoms with Crippen LogP contribution in [-0.4, -0.2) is 15.5 Å². The molecule has 0 aromatic heterocycles. The van der Waals surface area contributed by atoms with Gasteiger partial charge in [0, 0.05) is 19.9 Å². The molecule has 0 nitrogen and oxygen atoms in total. The molecule has 0 N–H and O–H groups in total. The van der Waals surface area contributed by atoms with Gasteiger partial charge < -0.3 is 0 Å². The van der Waals surface area contributed by atoms with Gasteiger partial charge in [0.25, 0.3) is 0 Å². The maximum atomic E-state index is 2.51. The molecular formula is C21H32P+. The zero-order chi connectivity index (χ0) is 16.6. The minimum atomic E-state index is -0.690. The van der Waals surface area contributed by atoms with Crippen LogP contribution in [0.5, 0.6) is 0 Å². The van der Waals surface area contributed by atoms with Gasteiger partial charge >= 0.3 is 0 Å². The number of allylic oxidation sites excluding steroid dienone is 4. The van der Waals surface area contributed by atoms with Gasteiger partial charge in [0.1, 0.15) is 5.16 Å². The summed E-state index contributed by atoms with van der Waals surface area (Å²) in [5.41, 5.74) is 2.93. The van der Waals surface area contributed by atoms with Crippen molar-refractivity contribution in [3.63, 3.8) is 0 Å². The second-order valence-electron chi connectivity index (χ2n) is 8.79. The summed E-state index contributed by atoms with van der Waals surface area (Å²) in [6.07, 6.45) is 8.14. The Morgan fingerprint density at radius 3 is 1.95 bits per heavy atom. The van der Waals surface area contributed by atoms with Crippen LogP contribution in [0.15, 0.2) is 48.6 Å². The van der Waals surface area contributed by atoms with Crippen LogP contribution < -0.4 is 0 Å². The summed E-state index contributed by atoms with van der Waals surface area (Å²) in [5.74, 6) is 0. The van der Waals surface area contributed by atoms with Crippen LogP contribution >= 0.6 is 7.92 Å². The van der Waals surface area contributed by atoms with E-state index in [0.29, 0.717) is 10.3 Å². The highest BCUT2D eigenvalue weighted by Gasteiger charge is 2.55. The molecule has 0 spiro atoms. The molecule has 1 heteroatoms. The van der Waals surface area contributed by atoms with E-state index in [9.17, 15) is 0 Å². The molecule has 0 aliphatic heterocycles. The zero-order valence-electron chi connectivity index (χ0n) is 15.3. The normalized spacial score (nSPS) is 22.8. The molecule has 0 unspecified atom stereocenters. The van der Waals surface area contributed by atoms with Crippen molar-refractivity contribution < 1.29 is 0 Å². The van der Waals surface area contributed by atoms with Crippen LogP contribution in [0.25, 0.3) is 5.57 Å². The molecule has 0 bridgehead atoms.